The van der Waals surface area contributed by atoms with Crippen LogP contribution >= 0.6 is 0 Å². The van der Waals surface area contributed by atoms with Gasteiger partial charge < -0.3 is 25.2 Å². The molecule has 0 spiro atoms. The molecule has 0 unspecified atom stereocenters. The number of hydroxylamine groups is 1. The summed E-state index contributed by atoms with van der Waals surface area (Å²) < 4.78 is 0. The average Bonchev–Trinajstić information content (AvgIpc) is 2.85. The molecule has 0 aliphatic rings. The first-order chi connectivity index (χ1) is 17.4. The third-order valence-electron chi connectivity index (χ3n) is 6.69. The molecule has 0 amide bonds. The quantitative estimate of drug-likeness (QED) is 0.0707. The summed E-state index contributed by atoms with van der Waals surface area (Å²) in [5, 5.41) is 27.0. The molecule has 0 aromatic heterocycles. The highest BCUT2D eigenvalue weighted by atomic mass is 16.5. The molecule has 0 aliphatic carbocycles. The topological polar surface area (TPSA) is 126 Å². The van der Waals surface area contributed by atoms with E-state index in [0.29, 0.717) is 12.8 Å². The molecule has 0 saturated carbocycles. The highest BCUT2D eigenvalue weighted by Crippen LogP contribution is 2.11. The Morgan fingerprint density at radius 3 is 1.61 bits per heavy atom. The van der Waals surface area contributed by atoms with E-state index in [4.69, 9.17) is 15.4 Å². The van der Waals surface area contributed by atoms with Gasteiger partial charge in [0.05, 0.1) is 0 Å². The minimum Gasteiger partial charge on any atom is -0.480 e. The lowest BCUT2D eigenvalue weighted by atomic mass is 10.1. The van der Waals surface area contributed by atoms with Gasteiger partial charge in [0.1, 0.15) is 12.1 Å². The molecular formula is C27H54N4O5. The molecule has 0 radical (unpaired) electrons. The summed E-state index contributed by atoms with van der Waals surface area (Å²) in [6.45, 7) is 14.2. The van der Waals surface area contributed by atoms with E-state index < -0.39 is 24.0 Å². The SMILES string of the molecule is C=N[C@@H](CCCCN(CCC)CCCCCCCN(CCCC)CCCC[C@H](NO)C(=O)O)C(=O)O. The lowest BCUT2D eigenvalue weighted by Crippen LogP contribution is -2.34. The Morgan fingerprint density at radius 1 is 0.694 bits per heavy atom. The second-order valence-electron chi connectivity index (χ2n) is 9.85. The highest BCUT2D eigenvalue weighted by molar-refractivity contribution is 5.74. The first kappa shape index (κ1) is 34.5. The van der Waals surface area contributed by atoms with Gasteiger partial charge in [0.2, 0.25) is 0 Å². The fraction of sp³-hybridized carbons (Fsp3) is 0.889. The maximum Gasteiger partial charge on any atom is 0.328 e. The summed E-state index contributed by atoms with van der Waals surface area (Å²) in [4.78, 5) is 30.7. The van der Waals surface area contributed by atoms with Crippen LogP contribution in [0.4, 0.5) is 0 Å². The van der Waals surface area contributed by atoms with Crippen LogP contribution in [0.15, 0.2) is 4.99 Å². The molecular weight excluding hydrogens is 460 g/mol. The number of hydrogen-bond donors (Lipinski definition) is 4. The Hall–Kier alpha value is -1.55. The maximum atomic E-state index is 11.0. The Morgan fingerprint density at radius 2 is 1.17 bits per heavy atom. The Bertz CT molecular complexity index is 564. The van der Waals surface area contributed by atoms with Crippen molar-refractivity contribution in [2.75, 3.05) is 39.3 Å². The number of carboxylic acid groups (broad SMARTS) is 2. The minimum atomic E-state index is -1.01. The average molecular weight is 515 g/mol. The van der Waals surface area contributed by atoms with Gasteiger partial charge in [-0.25, -0.2) is 4.79 Å². The molecule has 0 rings (SSSR count). The number of carboxylic acids is 2. The number of carbonyl (C=O) groups is 2. The van der Waals surface area contributed by atoms with E-state index in [1.165, 1.54) is 44.9 Å². The van der Waals surface area contributed by atoms with Crippen molar-refractivity contribution in [1.29, 1.82) is 0 Å². The van der Waals surface area contributed by atoms with E-state index in [0.717, 1.165) is 71.4 Å². The number of aliphatic carboxylic acids is 2. The molecule has 212 valence electrons. The van der Waals surface area contributed by atoms with Gasteiger partial charge in [0, 0.05) is 0 Å². The first-order valence-corrected chi connectivity index (χ1v) is 14.1. The van der Waals surface area contributed by atoms with Gasteiger partial charge >= 0.3 is 11.9 Å². The first-order valence-electron chi connectivity index (χ1n) is 14.1. The van der Waals surface area contributed by atoms with Crippen molar-refractivity contribution >= 4 is 18.7 Å². The zero-order valence-electron chi connectivity index (χ0n) is 23.0. The molecule has 0 aliphatic heterocycles. The highest BCUT2D eigenvalue weighted by Gasteiger charge is 2.16. The number of hydrogen-bond acceptors (Lipinski definition) is 7. The number of rotatable bonds is 27. The van der Waals surface area contributed by atoms with Crippen molar-refractivity contribution in [3.05, 3.63) is 0 Å². The van der Waals surface area contributed by atoms with Gasteiger partial charge in [0.25, 0.3) is 0 Å². The van der Waals surface area contributed by atoms with E-state index >= 15 is 0 Å². The maximum absolute atomic E-state index is 11.0. The van der Waals surface area contributed by atoms with Crippen molar-refractivity contribution in [2.45, 2.75) is 116 Å². The lowest BCUT2D eigenvalue weighted by Gasteiger charge is -2.23. The van der Waals surface area contributed by atoms with Gasteiger partial charge in [-0.15, -0.1) is 0 Å². The molecule has 0 bridgehead atoms. The van der Waals surface area contributed by atoms with Crippen LogP contribution in [0.1, 0.15) is 104 Å². The monoisotopic (exact) mass is 514 g/mol. The van der Waals surface area contributed by atoms with E-state index in [9.17, 15) is 9.59 Å². The van der Waals surface area contributed by atoms with Gasteiger partial charge in [-0.05, 0) is 110 Å². The van der Waals surface area contributed by atoms with Crippen molar-refractivity contribution in [2.24, 2.45) is 4.99 Å². The third-order valence-corrected chi connectivity index (χ3v) is 6.69. The Balaban J connectivity index is 4.04. The summed E-state index contributed by atoms with van der Waals surface area (Å²) >= 11 is 0. The van der Waals surface area contributed by atoms with E-state index in [-0.39, 0.29) is 0 Å². The summed E-state index contributed by atoms with van der Waals surface area (Å²) in [7, 11) is 0. The molecule has 9 heteroatoms. The number of aliphatic imine (C=N–C) groups is 1. The zero-order valence-corrected chi connectivity index (χ0v) is 23.0. The van der Waals surface area contributed by atoms with Crippen molar-refractivity contribution < 1.29 is 25.0 Å². The second-order valence-corrected chi connectivity index (χ2v) is 9.85. The van der Waals surface area contributed by atoms with Crippen LogP contribution in [-0.2, 0) is 9.59 Å². The predicted octanol–water partition coefficient (Wildman–Crippen LogP) is 4.68. The molecule has 0 heterocycles. The zero-order chi connectivity index (χ0) is 27.0. The van der Waals surface area contributed by atoms with Gasteiger partial charge in [-0.2, -0.15) is 5.48 Å². The van der Waals surface area contributed by atoms with Gasteiger partial charge in [0.15, 0.2) is 0 Å². The molecule has 4 N–H and O–H groups in total. The third kappa shape index (κ3) is 18.7. The fourth-order valence-electron chi connectivity index (χ4n) is 4.46. The van der Waals surface area contributed by atoms with E-state index in [1.54, 1.807) is 0 Å². The minimum absolute atomic E-state index is 0.442. The molecule has 36 heavy (non-hydrogen) atoms. The van der Waals surface area contributed by atoms with Crippen LogP contribution < -0.4 is 5.48 Å². The largest absolute Gasteiger partial charge is 0.480 e. The van der Waals surface area contributed by atoms with Gasteiger partial charge in [-0.1, -0.05) is 39.5 Å². The number of nitrogens with zero attached hydrogens (tertiary/aromatic N) is 3. The number of nitrogens with one attached hydrogen (secondary N) is 1. The molecule has 0 aromatic rings. The standard InChI is InChI=1S/C27H54N4O5/c1-4-6-19-31(23-15-11-17-25(29-36)27(34)35)21-13-9-7-8-12-20-30(18-5-2)22-14-10-16-24(28-3)26(32)33/h24-25,29,36H,3-23H2,1-2H3,(H,32,33)(H,34,35)/t24-,25-/m0/s1. The fourth-order valence-corrected chi connectivity index (χ4v) is 4.46. The summed E-state index contributed by atoms with van der Waals surface area (Å²) in [5.74, 6) is -1.89. The molecule has 2 atom stereocenters. The van der Waals surface area contributed by atoms with Crippen LogP contribution in [0.2, 0.25) is 0 Å². The summed E-state index contributed by atoms with van der Waals surface area (Å²) in [5.41, 5.74) is 1.88. The molecule has 0 fully saturated rings. The summed E-state index contributed by atoms with van der Waals surface area (Å²) in [6, 6.07) is -1.54. The molecule has 0 aromatic carbocycles. The smallest absolute Gasteiger partial charge is 0.328 e. The number of unbranched alkanes of at least 4 members (excludes halogenated alkanes) is 7. The van der Waals surface area contributed by atoms with Crippen molar-refractivity contribution in [3.8, 4) is 0 Å². The Kier molecular flexibility index (Phi) is 22.8. The van der Waals surface area contributed by atoms with Gasteiger partial charge in [-0.3, -0.25) is 9.79 Å². The Labute approximate surface area is 219 Å². The van der Waals surface area contributed by atoms with Crippen LogP contribution in [-0.4, -0.2) is 95.2 Å². The lowest BCUT2D eigenvalue weighted by molar-refractivity contribution is -0.142. The summed E-state index contributed by atoms with van der Waals surface area (Å²) in [6.07, 6.45) is 14.2. The van der Waals surface area contributed by atoms with E-state index in [2.05, 4.69) is 35.4 Å². The molecule has 9 nitrogen and oxygen atoms in total. The van der Waals surface area contributed by atoms with Crippen molar-refractivity contribution in [1.82, 2.24) is 15.3 Å². The predicted molar refractivity (Wildman–Crippen MR) is 146 cm³/mol. The normalized spacial score (nSPS) is 13.2. The van der Waals surface area contributed by atoms with Crippen LogP contribution in [0, 0.1) is 0 Å². The van der Waals surface area contributed by atoms with Crippen LogP contribution in [0.3, 0.4) is 0 Å². The van der Waals surface area contributed by atoms with Crippen LogP contribution in [0.25, 0.3) is 0 Å². The molecule has 0 saturated heterocycles. The van der Waals surface area contributed by atoms with Crippen molar-refractivity contribution in [3.63, 3.8) is 0 Å². The van der Waals surface area contributed by atoms with E-state index in [1.807, 2.05) is 5.48 Å². The second kappa shape index (κ2) is 23.8. The van der Waals surface area contributed by atoms with Crippen LogP contribution in [0.5, 0.6) is 0 Å².